The zero-order chi connectivity index (χ0) is 23.8. The van der Waals surface area contributed by atoms with Gasteiger partial charge >= 0.3 is 5.97 Å². The topological polar surface area (TPSA) is 88.7 Å². The summed E-state index contributed by atoms with van der Waals surface area (Å²) in [5.41, 5.74) is 0.527. The predicted molar refractivity (Wildman–Crippen MR) is 122 cm³/mol. The van der Waals surface area contributed by atoms with Crippen LogP contribution in [0, 0.1) is 11.3 Å². The summed E-state index contributed by atoms with van der Waals surface area (Å²) in [5.74, 6) is -0.00325. The lowest BCUT2D eigenvalue weighted by molar-refractivity contribution is -0.164. The van der Waals surface area contributed by atoms with Gasteiger partial charge in [-0.25, -0.2) is 4.79 Å². The van der Waals surface area contributed by atoms with Gasteiger partial charge in [0.25, 0.3) is 0 Å². The van der Waals surface area contributed by atoms with E-state index in [-0.39, 0.29) is 47.8 Å². The van der Waals surface area contributed by atoms with E-state index >= 15 is 0 Å². The molecule has 6 aliphatic rings. The summed E-state index contributed by atoms with van der Waals surface area (Å²) in [6.45, 7) is 7.90. The Hall–Kier alpha value is -2.02. The van der Waals surface area contributed by atoms with Crippen molar-refractivity contribution in [2.45, 2.75) is 100 Å². The summed E-state index contributed by atoms with van der Waals surface area (Å²) < 4.78 is 17.7. The molecular formula is C28H32O6. The number of carbonyl (C=O) groups is 2. The SMILES string of the molecule is C[C@@H](c1ccc2c(c1)CC[C@H]1[C@H]2[C@@H]2O[C@@H]2[C@@]2(O)CC=CC(=O)[C@]12C)[C@H]1C[C@]2(C)O[C@]2(C)C(=O)O1. The van der Waals surface area contributed by atoms with Gasteiger partial charge in [-0.1, -0.05) is 31.2 Å². The second kappa shape index (κ2) is 6.21. The molecule has 0 unspecified atom stereocenters. The van der Waals surface area contributed by atoms with Gasteiger partial charge in [-0.05, 0) is 68.7 Å². The molecule has 10 atom stereocenters. The van der Waals surface area contributed by atoms with Gasteiger partial charge in [-0.15, -0.1) is 0 Å². The highest BCUT2D eigenvalue weighted by Gasteiger charge is 2.75. The Labute approximate surface area is 199 Å². The van der Waals surface area contributed by atoms with Gasteiger partial charge in [0.2, 0.25) is 0 Å². The Balaban J connectivity index is 1.20. The minimum atomic E-state index is -1.11. The average Bonchev–Trinajstić information content (AvgIpc) is 3.70. The standard InChI is InChI=1S/C28H32O6/c1-14(19-13-25(2)27(4,34-25)24(30)32-19)15-7-9-17-16(12-15)8-10-18-21(17)22-23(33-22)28(31)11-5-6-20(29)26(18,28)3/h5-7,9,12,14,18-19,21-23,31H,8,10-11,13H2,1-4H3/t14-,18-,19+,21-,22-,23-,25-,26-,27+,28-/m0/s1. The number of hydrogen-bond acceptors (Lipinski definition) is 6. The zero-order valence-corrected chi connectivity index (χ0v) is 20.2. The average molecular weight is 465 g/mol. The van der Waals surface area contributed by atoms with E-state index in [0.717, 1.165) is 18.4 Å². The number of epoxide rings is 2. The molecule has 0 amide bonds. The number of esters is 1. The van der Waals surface area contributed by atoms with Crippen LogP contribution >= 0.6 is 0 Å². The molecule has 34 heavy (non-hydrogen) atoms. The summed E-state index contributed by atoms with van der Waals surface area (Å²) in [7, 11) is 0. The third-order valence-electron chi connectivity index (χ3n) is 10.6. The van der Waals surface area contributed by atoms with Gasteiger partial charge < -0.3 is 19.3 Å². The lowest BCUT2D eigenvalue weighted by Gasteiger charge is -2.55. The van der Waals surface area contributed by atoms with Gasteiger partial charge in [0.05, 0.1) is 11.5 Å². The molecule has 3 aliphatic carbocycles. The van der Waals surface area contributed by atoms with E-state index in [1.807, 2.05) is 20.8 Å². The molecule has 3 saturated heterocycles. The van der Waals surface area contributed by atoms with Gasteiger partial charge in [0.1, 0.15) is 23.4 Å². The normalized spacial score (nSPS) is 50.7. The maximum Gasteiger partial charge on any atom is 0.341 e. The molecule has 1 N–H and O–H groups in total. The second-order valence-corrected chi connectivity index (χ2v) is 12.1. The minimum Gasteiger partial charge on any atom is -0.459 e. The summed E-state index contributed by atoms with van der Waals surface area (Å²) >= 11 is 0. The van der Waals surface area contributed by atoms with Crippen molar-refractivity contribution < 1.29 is 28.9 Å². The van der Waals surface area contributed by atoms with Crippen LogP contribution in [-0.2, 0) is 30.2 Å². The Morgan fingerprint density at radius 2 is 1.97 bits per heavy atom. The highest BCUT2D eigenvalue weighted by molar-refractivity contribution is 5.97. The van der Waals surface area contributed by atoms with E-state index in [9.17, 15) is 14.7 Å². The molecule has 3 heterocycles. The van der Waals surface area contributed by atoms with Crippen molar-refractivity contribution in [1.82, 2.24) is 0 Å². The van der Waals surface area contributed by atoms with Gasteiger partial charge in [-0.2, -0.15) is 0 Å². The van der Waals surface area contributed by atoms with E-state index in [2.05, 4.69) is 25.1 Å². The van der Waals surface area contributed by atoms with Crippen molar-refractivity contribution in [2.24, 2.45) is 11.3 Å². The second-order valence-electron chi connectivity index (χ2n) is 12.1. The first kappa shape index (κ1) is 21.3. The van der Waals surface area contributed by atoms with Crippen molar-refractivity contribution in [3.05, 3.63) is 47.0 Å². The maximum atomic E-state index is 13.2. The third kappa shape index (κ3) is 2.33. The molecule has 0 bridgehead atoms. The molecule has 180 valence electrons. The number of allylic oxidation sites excluding steroid dienone is 1. The molecule has 6 heteroatoms. The van der Waals surface area contributed by atoms with Gasteiger partial charge in [-0.3, -0.25) is 4.79 Å². The number of benzene rings is 1. The zero-order valence-electron chi connectivity index (χ0n) is 20.2. The fraction of sp³-hybridized carbons (Fsp3) is 0.643. The first-order valence-electron chi connectivity index (χ1n) is 12.7. The molecule has 3 aliphatic heterocycles. The number of aliphatic hydroxyl groups is 1. The monoisotopic (exact) mass is 464 g/mol. The number of aryl methyl sites for hydroxylation is 1. The van der Waals surface area contributed by atoms with E-state index in [4.69, 9.17) is 14.2 Å². The van der Waals surface area contributed by atoms with Crippen LogP contribution in [0.4, 0.5) is 0 Å². The van der Waals surface area contributed by atoms with Crippen molar-refractivity contribution >= 4 is 11.8 Å². The number of hydrogen-bond donors (Lipinski definition) is 1. The summed E-state index contributed by atoms with van der Waals surface area (Å²) in [5, 5.41) is 11.6. The van der Waals surface area contributed by atoms with E-state index in [0.29, 0.717) is 12.8 Å². The first-order valence-corrected chi connectivity index (χ1v) is 12.7. The van der Waals surface area contributed by atoms with Crippen LogP contribution in [0.25, 0.3) is 0 Å². The van der Waals surface area contributed by atoms with Gasteiger partial charge in [0.15, 0.2) is 11.4 Å². The van der Waals surface area contributed by atoms with Crippen LogP contribution in [-0.4, -0.2) is 52.0 Å². The lowest BCUT2D eigenvalue weighted by Crippen LogP contribution is -2.65. The number of rotatable bonds is 2. The fourth-order valence-electron chi connectivity index (χ4n) is 7.94. The predicted octanol–water partition coefficient (Wildman–Crippen LogP) is 3.35. The molecule has 0 radical (unpaired) electrons. The van der Waals surface area contributed by atoms with Crippen molar-refractivity contribution in [3.8, 4) is 0 Å². The van der Waals surface area contributed by atoms with E-state index in [1.54, 1.807) is 12.2 Å². The molecule has 6 nitrogen and oxygen atoms in total. The number of ether oxygens (including phenoxy) is 3. The third-order valence-corrected chi connectivity index (χ3v) is 10.6. The van der Waals surface area contributed by atoms with Crippen LogP contribution in [0.1, 0.15) is 75.5 Å². The van der Waals surface area contributed by atoms with Gasteiger partial charge in [0, 0.05) is 18.3 Å². The van der Waals surface area contributed by atoms with Crippen LogP contribution in [0.5, 0.6) is 0 Å². The van der Waals surface area contributed by atoms with Crippen LogP contribution in [0.3, 0.4) is 0 Å². The number of fused-ring (bicyclic) bond motifs is 9. The molecule has 1 aromatic carbocycles. The molecule has 1 aromatic rings. The van der Waals surface area contributed by atoms with Crippen molar-refractivity contribution in [2.75, 3.05) is 0 Å². The smallest absolute Gasteiger partial charge is 0.341 e. The Morgan fingerprint density at radius 3 is 2.74 bits per heavy atom. The fourth-order valence-corrected chi connectivity index (χ4v) is 7.94. The van der Waals surface area contributed by atoms with Crippen molar-refractivity contribution in [1.29, 1.82) is 0 Å². The first-order chi connectivity index (χ1) is 16.0. The lowest BCUT2D eigenvalue weighted by atomic mass is 9.48. The summed E-state index contributed by atoms with van der Waals surface area (Å²) in [6, 6.07) is 6.60. The van der Waals surface area contributed by atoms with Crippen LogP contribution < -0.4 is 0 Å². The Bertz CT molecular complexity index is 1170. The minimum absolute atomic E-state index is 0.0285. The van der Waals surface area contributed by atoms with E-state index < -0.39 is 22.2 Å². The summed E-state index contributed by atoms with van der Waals surface area (Å²) in [4.78, 5) is 25.7. The molecule has 7 rings (SSSR count). The molecular weight excluding hydrogens is 432 g/mol. The number of ketones is 1. The van der Waals surface area contributed by atoms with Crippen LogP contribution in [0.2, 0.25) is 0 Å². The molecule has 1 saturated carbocycles. The summed E-state index contributed by atoms with van der Waals surface area (Å²) in [6.07, 6.45) is 5.82. The molecule has 4 fully saturated rings. The van der Waals surface area contributed by atoms with E-state index in [1.165, 1.54) is 11.1 Å². The van der Waals surface area contributed by atoms with Crippen molar-refractivity contribution in [3.63, 3.8) is 0 Å². The number of carbonyl (C=O) groups excluding carboxylic acids is 2. The Morgan fingerprint density at radius 1 is 1.18 bits per heavy atom. The molecule has 0 spiro atoms. The van der Waals surface area contributed by atoms with Crippen LogP contribution in [0.15, 0.2) is 30.4 Å². The Kier molecular flexibility index (Phi) is 3.88. The number of cyclic esters (lactones) is 1. The maximum absolute atomic E-state index is 13.2. The molecule has 0 aromatic heterocycles. The largest absolute Gasteiger partial charge is 0.459 e. The quantitative estimate of drug-likeness (QED) is 0.534. The highest BCUT2D eigenvalue weighted by atomic mass is 16.7. The highest BCUT2D eigenvalue weighted by Crippen LogP contribution is 2.66.